The second kappa shape index (κ2) is 8.62. The lowest BCUT2D eigenvalue weighted by atomic mass is 10.1. The smallest absolute Gasteiger partial charge is 0.166 e. The van der Waals surface area contributed by atoms with Gasteiger partial charge < -0.3 is 10.2 Å². The van der Waals surface area contributed by atoms with Gasteiger partial charge in [-0.15, -0.1) is 0 Å². The van der Waals surface area contributed by atoms with Crippen LogP contribution in [0.2, 0.25) is 0 Å². The van der Waals surface area contributed by atoms with Crippen molar-refractivity contribution >= 4 is 11.6 Å². The minimum Gasteiger partial charge on any atom is -0.508 e. The van der Waals surface area contributed by atoms with Gasteiger partial charge in [0.25, 0.3) is 0 Å². The van der Waals surface area contributed by atoms with Crippen LogP contribution in [0.5, 0.6) is 11.5 Å². The molecule has 2 N–H and O–H groups in total. The van der Waals surface area contributed by atoms with Crippen LogP contribution in [0.1, 0.15) is 36.2 Å². The number of hydrogen-bond donors (Lipinski definition) is 2. The summed E-state index contributed by atoms with van der Waals surface area (Å²) in [6, 6.07) is 13.4. The molecule has 2 aromatic rings. The van der Waals surface area contributed by atoms with E-state index in [4.69, 9.17) is 0 Å². The summed E-state index contributed by atoms with van der Waals surface area (Å²) in [7, 11) is 0. The van der Waals surface area contributed by atoms with Gasteiger partial charge in [-0.05, 0) is 25.1 Å². The third kappa shape index (κ3) is 5.40. The maximum atomic E-state index is 11.1. The van der Waals surface area contributed by atoms with Crippen LogP contribution in [-0.4, -0.2) is 21.8 Å². The molecule has 0 spiro atoms. The quantitative estimate of drug-likeness (QED) is 0.847. The molecule has 0 aliphatic carbocycles. The van der Waals surface area contributed by atoms with Crippen LogP contribution < -0.4 is 0 Å². The molecule has 0 amide bonds. The number of Topliss-reactive ketones (excluding diaryl/α,β-unsaturated/α-hetero) is 2. The summed E-state index contributed by atoms with van der Waals surface area (Å²) in [6.45, 7) is 3.28. The number of rotatable bonds is 4. The first-order chi connectivity index (χ1) is 10.5. The molecule has 2 rings (SSSR count). The molecule has 0 atom stereocenters. The lowest BCUT2D eigenvalue weighted by Crippen LogP contribution is -1.95. The van der Waals surface area contributed by atoms with Gasteiger partial charge in [0.2, 0.25) is 0 Å². The van der Waals surface area contributed by atoms with E-state index < -0.39 is 0 Å². The molecule has 4 nitrogen and oxygen atoms in total. The number of carbonyl (C=O) groups excluding carboxylic acids is 2. The van der Waals surface area contributed by atoms with Gasteiger partial charge in [-0.25, -0.2) is 0 Å². The lowest BCUT2D eigenvalue weighted by molar-refractivity contribution is -0.116. The van der Waals surface area contributed by atoms with E-state index in [-0.39, 0.29) is 23.1 Å². The fourth-order valence-electron chi connectivity index (χ4n) is 1.83. The second-order valence-corrected chi connectivity index (χ2v) is 4.80. The zero-order valence-electron chi connectivity index (χ0n) is 12.7. The molecule has 0 saturated heterocycles. The minimum atomic E-state index is -0.0249. The number of phenols is 2. The van der Waals surface area contributed by atoms with Crippen molar-refractivity contribution in [3.05, 3.63) is 59.7 Å². The highest BCUT2D eigenvalue weighted by molar-refractivity contribution is 5.98. The van der Waals surface area contributed by atoms with Crippen molar-refractivity contribution in [2.75, 3.05) is 0 Å². The molecule has 0 bridgehead atoms. The van der Waals surface area contributed by atoms with Crippen LogP contribution in [0.4, 0.5) is 0 Å². The first-order valence-corrected chi connectivity index (χ1v) is 7.03. The van der Waals surface area contributed by atoms with Crippen LogP contribution in [0.3, 0.4) is 0 Å². The number of hydrogen-bond acceptors (Lipinski definition) is 4. The number of ketones is 2. The predicted octanol–water partition coefficient (Wildman–Crippen LogP) is 3.51. The van der Waals surface area contributed by atoms with Crippen LogP contribution in [0, 0.1) is 0 Å². The Morgan fingerprint density at radius 2 is 1.45 bits per heavy atom. The number of phenolic OH excluding ortho intramolecular Hbond substituents is 2. The third-order valence-corrected chi connectivity index (χ3v) is 2.96. The van der Waals surface area contributed by atoms with Crippen molar-refractivity contribution in [2.45, 2.75) is 26.7 Å². The Kier molecular flexibility index (Phi) is 6.83. The summed E-state index contributed by atoms with van der Waals surface area (Å²) in [6.07, 6.45) is 0.740. The van der Waals surface area contributed by atoms with E-state index >= 15 is 0 Å². The van der Waals surface area contributed by atoms with Crippen molar-refractivity contribution in [1.29, 1.82) is 0 Å². The summed E-state index contributed by atoms with van der Waals surface area (Å²) in [5.41, 5.74) is 1.11. The zero-order valence-corrected chi connectivity index (χ0v) is 12.7. The monoisotopic (exact) mass is 300 g/mol. The number of carbonyl (C=O) groups is 2. The van der Waals surface area contributed by atoms with Crippen molar-refractivity contribution < 1.29 is 19.8 Å². The fraction of sp³-hybridized carbons (Fsp3) is 0.222. The number of para-hydroxylation sites is 2. The molecule has 2 aromatic carbocycles. The van der Waals surface area contributed by atoms with Gasteiger partial charge in [0.1, 0.15) is 17.3 Å². The molecule has 22 heavy (non-hydrogen) atoms. The zero-order chi connectivity index (χ0) is 16.5. The van der Waals surface area contributed by atoms with Gasteiger partial charge in [0.05, 0.1) is 5.56 Å². The molecule has 0 aromatic heterocycles. The van der Waals surface area contributed by atoms with E-state index in [1.54, 1.807) is 49.4 Å². The predicted molar refractivity (Wildman–Crippen MR) is 85.2 cm³/mol. The lowest BCUT2D eigenvalue weighted by Gasteiger charge is -1.99. The highest BCUT2D eigenvalue weighted by Gasteiger charge is 2.06. The molecule has 0 radical (unpaired) electrons. The first kappa shape index (κ1) is 17.4. The van der Waals surface area contributed by atoms with Gasteiger partial charge in [-0.3, -0.25) is 9.59 Å². The fourth-order valence-corrected chi connectivity index (χ4v) is 1.83. The highest BCUT2D eigenvalue weighted by Crippen LogP contribution is 2.17. The van der Waals surface area contributed by atoms with E-state index in [1.165, 1.54) is 13.0 Å². The molecule has 4 heteroatoms. The largest absolute Gasteiger partial charge is 0.508 e. The van der Waals surface area contributed by atoms with Gasteiger partial charge in [0, 0.05) is 18.4 Å². The number of benzene rings is 2. The molecule has 0 heterocycles. The average Bonchev–Trinajstić information content (AvgIpc) is 2.49. The summed E-state index contributed by atoms with van der Waals surface area (Å²) in [4.78, 5) is 21.7. The molecular weight excluding hydrogens is 280 g/mol. The summed E-state index contributed by atoms with van der Waals surface area (Å²) in [5.74, 6) is 0.302. The molecule has 0 aliphatic rings. The average molecular weight is 300 g/mol. The third-order valence-electron chi connectivity index (χ3n) is 2.96. The van der Waals surface area contributed by atoms with E-state index in [1.807, 2.05) is 0 Å². The Morgan fingerprint density at radius 1 is 0.909 bits per heavy atom. The topological polar surface area (TPSA) is 74.6 Å². The first-order valence-electron chi connectivity index (χ1n) is 7.03. The van der Waals surface area contributed by atoms with E-state index in [0.29, 0.717) is 24.0 Å². The molecule has 116 valence electrons. The normalized spacial score (nSPS) is 9.55. The van der Waals surface area contributed by atoms with Crippen molar-refractivity contribution in [3.8, 4) is 11.5 Å². The van der Waals surface area contributed by atoms with Crippen molar-refractivity contribution in [2.24, 2.45) is 0 Å². The second-order valence-electron chi connectivity index (χ2n) is 4.80. The Bertz CT molecular complexity index is 647. The van der Waals surface area contributed by atoms with Crippen LogP contribution in [-0.2, 0) is 11.2 Å². The Balaban J connectivity index is 0.000000220. The SMILES string of the molecule is CC(=O)Cc1ccccc1O.CCC(=O)c1ccccc1O. The van der Waals surface area contributed by atoms with Crippen molar-refractivity contribution in [1.82, 2.24) is 0 Å². The van der Waals surface area contributed by atoms with Crippen molar-refractivity contribution in [3.63, 3.8) is 0 Å². The molecular formula is C18H20O4. The summed E-state index contributed by atoms with van der Waals surface area (Å²) >= 11 is 0. The summed E-state index contributed by atoms with van der Waals surface area (Å²) in [5, 5.41) is 18.4. The molecule has 0 aliphatic heterocycles. The molecule has 0 fully saturated rings. The number of aromatic hydroxyl groups is 2. The molecule has 0 saturated carbocycles. The Hall–Kier alpha value is -2.62. The summed E-state index contributed by atoms with van der Waals surface area (Å²) < 4.78 is 0. The maximum absolute atomic E-state index is 11.1. The Morgan fingerprint density at radius 3 is 1.95 bits per heavy atom. The minimum absolute atomic E-state index is 0.0249. The van der Waals surface area contributed by atoms with Crippen LogP contribution >= 0.6 is 0 Å². The van der Waals surface area contributed by atoms with Gasteiger partial charge in [-0.1, -0.05) is 37.3 Å². The van der Waals surface area contributed by atoms with Crippen LogP contribution in [0.15, 0.2) is 48.5 Å². The van der Waals surface area contributed by atoms with E-state index in [2.05, 4.69) is 0 Å². The van der Waals surface area contributed by atoms with Gasteiger partial charge >= 0.3 is 0 Å². The van der Waals surface area contributed by atoms with Gasteiger partial charge in [-0.2, -0.15) is 0 Å². The highest BCUT2D eigenvalue weighted by atomic mass is 16.3. The molecule has 0 unspecified atom stereocenters. The van der Waals surface area contributed by atoms with Crippen LogP contribution in [0.25, 0.3) is 0 Å². The Labute approximate surface area is 130 Å². The van der Waals surface area contributed by atoms with E-state index in [0.717, 1.165) is 0 Å². The standard InChI is InChI=1S/2C9H10O2/c1-7(10)6-8-4-2-3-5-9(8)11;1-2-8(10)7-5-3-4-6-9(7)11/h2-5,11H,6H2,1H3;3-6,11H,2H2,1H3. The van der Waals surface area contributed by atoms with E-state index in [9.17, 15) is 19.8 Å². The maximum Gasteiger partial charge on any atom is 0.166 e. The van der Waals surface area contributed by atoms with Gasteiger partial charge in [0.15, 0.2) is 5.78 Å².